The van der Waals surface area contributed by atoms with Crippen LogP contribution in [0.25, 0.3) is 11.1 Å². The largest absolute Gasteiger partial charge is 0.465 e. The fourth-order valence-corrected chi connectivity index (χ4v) is 6.64. The first kappa shape index (κ1) is 21.5. The molecule has 1 aliphatic carbocycles. The SMILES string of the molecule is CCc1ccc(-c2cc3c(cc2C)[C@H](N(C(=O)O)[C@@H]2CN4CCC2CC4)C(C)(C)C3)cc1. The van der Waals surface area contributed by atoms with Crippen LogP contribution >= 0.6 is 0 Å². The fraction of sp³-hybridized carbons (Fsp3) is 0.536. The summed E-state index contributed by atoms with van der Waals surface area (Å²) in [6.45, 7) is 12.0. The lowest BCUT2D eigenvalue weighted by molar-refractivity contribution is -0.0267. The summed E-state index contributed by atoms with van der Waals surface area (Å²) >= 11 is 0. The molecule has 2 aromatic rings. The van der Waals surface area contributed by atoms with Crippen LogP contribution in [0.1, 0.15) is 61.9 Å². The molecular formula is C28H36N2O2. The monoisotopic (exact) mass is 432 g/mol. The van der Waals surface area contributed by atoms with Gasteiger partial charge in [-0.2, -0.15) is 0 Å². The van der Waals surface area contributed by atoms with Crippen LogP contribution in [-0.4, -0.2) is 46.7 Å². The molecule has 0 radical (unpaired) electrons. The van der Waals surface area contributed by atoms with Gasteiger partial charge >= 0.3 is 6.09 Å². The third-order valence-electron chi connectivity index (χ3n) is 8.32. The molecule has 2 aromatic carbocycles. The third-order valence-corrected chi connectivity index (χ3v) is 8.32. The van der Waals surface area contributed by atoms with Crippen molar-refractivity contribution in [1.29, 1.82) is 0 Å². The van der Waals surface area contributed by atoms with E-state index in [1.807, 2.05) is 4.90 Å². The summed E-state index contributed by atoms with van der Waals surface area (Å²) in [6.07, 6.45) is 3.45. The molecule has 3 heterocycles. The van der Waals surface area contributed by atoms with Gasteiger partial charge in [0, 0.05) is 6.54 Å². The summed E-state index contributed by atoms with van der Waals surface area (Å²) in [7, 11) is 0. The first-order valence-corrected chi connectivity index (χ1v) is 12.2. The highest BCUT2D eigenvalue weighted by molar-refractivity contribution is 5.71. The highest BCUT2D eigenvalue weighted by atomic mass is 16.4. The molecule has 4 nitrogen and oxygen atoms in total. The predicted octanol–water partition coefficient (Wildman–Crippen LogP) is 5.92. The average Bonchev–Trinajstić information content (AvgIpc) is 3.03. The zero-order chi connectivity index (χ0) is 22.6. The molecule has 3 saturated heterocycles. The summed E-state index contributed by atoms with van der Waals surface area (Å²) in [5.41, 5.74) is 7.51. The van der Waals surface area contributed by atoms with E-state index in [0.717, 1.165) is 45.3 Å². The second kappa shape index (κ2) is 7.91. The number of carboxylic acid groups (broad SMARTS) is 1. The Hall–Kier alpha value is -2.33. The van der Waals surface area contributed by atoms with Crippen molar-refractivity contribution in [3.05, 3.63) is 58.7 Å². The Morgan fingerprint density at radius 1 is 1.16 bits per heavy atom. The minimum atomic E-state index is -0.758. The molecule has 1 amide bonds. The van der Waals surface area contributed by atoms with Crippen molar-refractivity contribution >= 4 is 6.09 Å². The van der Waals surface area contributed by atoms with Crippen molar-refractivity contribution in [3.8, 4) is 11.1 Å². The van der Waals surface area contributed by atoms with E-state index in [1.165, 1.54) is 33.4 Å². The molecule has 32 heavy (non-hydrogen) atoms. The normalized spacial score (nSPS) is 27.9. The molecule has 2 bridgehead atoms. The quantitative estimate of drug-likeness (QED) is 0.652. The minimum Gasteiger partial charge on any atom is -0.465 e. The van der Waals surface area contributed by atoms with Crippen LogP contribution in [0.15, 0.2) is 36.4 Å². The van der Waals surface area contributed by atoms with Crippen molar-refractivity contribution in [2.75, 3.05) is 19.6 Å². The van der Waals surface area contributed by atoms with Gasteiger partial charge in [0.05, 0.1) is 12.1 Å². The standard InChI is InChI=1S/C28H36N2O2/c1-5-19-6-8-20(9-7-19)23-15-22-16-28(3,4)26(24(22)14-18(23)2)30(27(31)32)25-17-29-12-10-21(25)11-13-29/h6-9,14-15,21,25-26H,5,10-13,16-17H2,1-4H3,(H,31,32)/t25-,26+/m1/s1. The molecule has 3 fully saturated rings. The van der Waals surface area contributed by atoms with Gasteiger partial charge in [0.25, 0.3) is 0 Å². The Balaban J connectivity index is 1.55. The van der Waals surface area contributed by atoms with Crippen molar-refractivity contribution in [2.45, 2.75) is 65.5 Å². The molecule has 170 valence electrons. The van der Waals surface area contributed by atoms with Crippen LogP contribution in [0.3, 0.4) is 0 Å². The Morgan fingerprint density at radius 2 is 1.84 bits per heavy atom. The van der Waals surface area contributed by atoms with Gasteiger partial charge in [0.2, 0.25) is 0 Å². The van der Waals surface area contributed by atoms with Crippen molar-refractivity contribution < 1.29 is 9.90 Å². The molecule has 4 aliphatic rings. The van der Waals surface area contributed by atoms with E-state index < -0.39 is 6.09 Å². The van der Waals surface area contributed by atoms with E-state index in [1.54, 1.807) is 0 Å². The Kier molecular flexibility index (Phi) is 5.32. The molecule has 1 N–H and O–H groups in total. The highest BCUT2D eigenvalue weighted by Crippen LogP contribution is 2.52. The number of benzene rings is 2. The van der Waals surface area contributed by atoms with E-state index in [9.17, 15) is 9.90 Å². The van der Waals surface area contributed by atoms with Gasteiger partial charge in [0.15, 0.2) is 0 Å². The molecule has 0 spiro atoms. The van der Waals surface area contributed by atoms with Gasteiger partial charge in [-0.3, -0.25) is 4.90 Å². The molecule has 0 saturated carbocycles. The maximum atomic E-state index is 12.7. The summed E-state index contributed by atoms with van der Waals surface area (Å²) in [5.74, 6) is 0.494. The van der Waals surface area contributed by atoms with Crippen LogP contribution in [0, 0.1) is 18.3 Å². The maximum Gasteiger partial charge on any atom is 0.408 e. The molecule has 3 aliphatic heterocycles. The predicted molar refractivity (Wildman–Crippen MR) is 129 cm³/mol. The van der Waals surface area contributed by atoms with Gasteiger partial charge in [0.1, 0.15) is 0 Å². The second-order valence-electron chi connectivity index (χ2n) is 10.9. The molecular weight excluding hydrogens is 396 g/mol. The lowest BCUT2D eigenvalue weighted by Crippen LogP contribution is -2.60. The molecule has 2 atom stereocenters. The van der Waals surface area contributed by atoms with Gasteiger partial charge in [-0.25, -0.2) is 4.79 Å². The van der Waals surface area contributed by atoms with Crippen molar-refractivity contribution in [3.63, 3.8) is 0 Å². The number of rotatable bonds is 4. The lowest BCUT2D eigenvalue weighted by atomic mass is 9.79. The van der Waals surface area contributed by atoms with Crippen LogP contribution in [0.5, 0.6) is 0 Å². The molecule has 0 unspecified atom stereocenters. The van der Waals surface area contributed by atoms with Gasteiger partial charge in [-0.05, 0) is 90.4 Å². The second-order valence-corrected chi connectivity index (χ2v) is 10.9. The van der Waals surface area contributed by atoms with Crippen LogP contribution in [0.4, 0.5) is 4.79 Å². The van der Waals surface area contributed by atoms with E-state index in [4.69, 9.17) is 0 Å². The molecule has 0 aromatic heterocycles. The van der Waals surface area contributed by atoms with Gasteiger partial charge in [-0.15, -0.1) is 0 Å². The average molecular weight is 433 g/mol. The van der Waals surface area contributed by atoms with E-state index in [2.05, 4.69) is 69.0 Å². The molecule has 6 rings (SSSR count). The van der Waals surface area contributed by atoms with Gasteiger partial charge < -0.3 is 10.0 Å². The number of fused-ring (bicyclic) bond motifs is 4. The summed E-state index contributed by atoms with van der Waals surface area (Å²) in [5, 5.41) is 10.4. The summed E-state index contributed by atoms with van der Waals surface area (Å²) in [6, 6.07) is 13.5. The first-order chi connectivity index (χ1) is 15.3. The summed E-state index contributed by atoms with van der Waals surface area (Å²) < 4.78 is 0. The lowest BCUT2D eigenvalue weighted by Gasteiger charge is -2.51. The number of amides is 1. The Morgan fingerprint density at radius 3 is 2.41 bits per heavy atom. The Labute approximate surface area is 192 Å². The zero-order valence-corrected chi connectivity index (χ0v) is 19.9. The number of carbonyl (C=O) groups is 1. The van der Waals surface area contributed by atoms with Crippen LogP contribution in [-0.2, 0) is 12.8 Å². The molecule has 4 heteroatoms. The minimum absolute atomic E-state index is 0.0873. The number of nitrogens with zero attached hydrogens (tertiary/aromatic N) is 2. The first-order valence-electron chi connectivity index (χ1n) is 12.2. The van der Waals surface area contributed by atoms with Crippen molar-refractivity contribution in [1.82, 2.24) is 9.80 Å². The number of piperidine rings is 3. The number of hydrogen-bond donors (Lipinski definition) is 1. The van der Waals surface area contributed by atoms with E-state index >= 15 is 0 Å². The number of aryl methyl sites for hydroxylation is 2. The van der Waals surface area contributed by atoms with E-state index in [0.29, 0.717) is 5.92 Å². The highest BCUT2D eigenvalue weighted by Gasteiger charge is 2.50. The van der Waals surface area contributed by atoms with Crippen LogP contribution < -0.4 is 0 Å². The topological polar surface area (TPSA) is 43.8 Å². The van der Waals surface area contributed by atoms with Crippen molar-refractivity contribution in [2.24, 2.45) is 11.3 Å². The third kappa shape index (κ3) is 3.53. The fourth-order valence-electron chi connectivity index (χ4n) is 6.64. The maximum absolute atomic E-state index is 12.7. The summed E-state index contributed by atoms with van der Waals surface area (Å²) in [4.78, 5) is 17.0. The van der Waals surface area contributed by atoms with Crippen LogP contribution in [0.2, 0.25) is 0 Å². The van der Waals surface area contributed by atoms with Gasteiger partial charge in [-0.1, -0.05) is 57.2 Å². The zero-order valence-electron chi connectivity index (χ0n) is 19.9. The number of hydrogen-bond acceptors (Lipinski definition) is 2. The van der Waals surface area contributed by atoms with E-state index in [-0.39, 0.29) is 17.5 Å². The smallest absolute Gasteiger partial charge is 0.408 e. The Bertz CT molecular complexity index is 1020.